The molecular formula is C18H19BrN6O5S. The molecule has 3 aromatic rings. The zero-order valence-electron chi connectivity index (χ0n) is 16.6. The Morgan fingerprint density at radius 1 is 1.00 bits per heavy atom. The average Bonchev–Trinajstić information content (AvgIpc) is 2.78. The van der Waals surface area contributed by atoms with E-state index in [1.165, 1.54) is 32.9 Å². The highest BCUT2D eigenvalue weighted by molar-refractivity contribution is 9.10. The quantitative estimate of drug-likeness (QED) is 0.392. The van der Waals surface area contributed by atoms with Gasteiger partial charge in [-0.1, -0.05) is 28.1 Å². The van der Waals surface area contributed by atoms with Crippen LogP contribution in [0, 0.1) is 0 Å². The number of aromatic nitrogens is 4. The second kappa shape index (κ2) is 10.3. The van der Waals surface area contributed by atoms with E-state index >= 15 is 0 Å². The van der Waals surface area contributed by atoms with Gasteiger partial charge >= 0.3 is 6.01 Å². The maximum Gasteiger partial charge on any atom is 0.316 e. The van der Waals surface area contributed by atoms with Crippen molar-refractivity contribution in [1.82, 2.24) is 24.7 Å². The Hall–Kier alpha value is -3.03. The van der Waals surface area contributed by atoms with Crippen molar-refractivity contribution in [2.75, 3.05) is 32.1 Å². The van der Waals surface area contributed by atoms with Crippen LogP contribution in [-0.4, -0.2) is 55.7 Å². The van der Waals surface area contributed by atoms with Crippen molar-refractivity contribution in [3.63, 3.8) is 0 Å². The third-order valence-electron chi connectivity index (χ3n) is 3.84. The van der Waals surface area contributed by atoms with E-state index in [1.807, 2.05) is 12.1 Å². The van der Waals surface area contributed by atoms with Gasteiger partial charge in [-0.2, -0.15) is 18.4 Å². The van der Waals surface area contributed by atoms with Gasteiger partial charge in [-0.15, -0.1) is 0 Å². The van der Waals surface area contributed by atoms with E-state index in [-0.39, 0.29) is 30.9 Å². The van der Waals surface area contributed by atoms with E-state index < -0.39 is 10.2 Å². The molecule has 0 amide bonds. The van der Waals surface area contributed by atoms with Gasteiger partial charge in [0, 0.05) is 11.5 Å². The minimum atomic E-state index is -3.80. The second-order valence-corrected chi connectivity index (χ2v) is 8.36. The van der Waals surface area contributed by atoms with Crippen LogP contribution < -0.4 is 23.7 Å². The minimum absolute atomic E-state index is 0.0704. The van der Waals surface area contributed by atoms with Crippen molar-refractivity contribution in [2.24, 2.45) is 0 Å². The number of anilines is 1. The van der Waals surface area contributed by atoms with Crippen LogP contribution in [0.2, 0.25) is 0 Å². The number of nitrogens with zero attached hydrogens (tertiary/aromatic N) is 4. The molecule has 0 spiro atoms. The number of halogens is 1. The van der Waals surface area contributed by atoms with Crippen LogP contribution in [0.5, 0.6) is 17.6 Å². The molecule has 0 radical (unpaired) electrons. The Bertz CT molecular complexity index is 1110. The fourth-order valence-corrected chi connectivity index (χ4v) is 3.14. The highest BCUT2D eigenvalue weighted by Crippen LogP contribution is 2.34. The molecule has 0 saturated carbocycles. The molecule has 2 N–H and O–H groups in total. The monoisotopic (exact) mass is 510 g/mol. The molecule has 31 heavy (non-hydrogen) atoms. The maximum absolute atomic E-state index is 12.0. The summed E-state index contributed by atoms with van der Waals surface area (Å²) in [5.74, 6) is 0.770. The summed E-state index contributed by atoms with van der Waals surface area (Å²) >= 11 is 3.38. The maximum atomic E-state index is 12.0. The van der Waals surface area contributed by atoms with Crippen LogP contribution in [0.1, 0.15) is 0 Å². The van der Waals surface area contributed by atoms with Gasteiger partial charge in [-0.05, 0) is 17.7 Å². The van der Waals surface area contributed by atoms with Crippen LogP contribution in [-0.2, 0) is 10.2 Å². The van der Waals surface area contributed by atoms with Gasteiger partial charge in [0.2, 0.25) is 5.88 Å². The molecule has 164 valence electrons. The molecule has 0 aliphatic heterocycles. The third-order valence-corrected chi connectivity index (χ3v) is 5.37. The molecule has 0 aliphatic rings. The SMILES string of the molecule is CNS(=O)(=O)Nc1ncnc(OCCOc2ncc(OC)cn2)c1-c1ccc(Br)cc1. The Labute approximate surface area is 187 Å². The first-order valence-corrected chi connectivity index (χ1v) is 11.1. The van der Waals surface area contributed by atoms with Crippen molar-refractivity contribution in [1.29, 1.82) is 0 Å². The summed E-state index contributed by atoms with van der Waals surface area (Å²) in [5, 5.41) is 0. The van der Waals surface area contributed by atoms with Crippen molar-refractivity contribution >= 4 is 32.0 Å². The lowest BCUT2D eigenvalue weighted by Gasteiger charge is -2.15. The van der Waals surface area contributed by atoms with Gasteiger partial charge in [0.1, 0.15) is 19.5 Å². The van der Waals surface area contributed by atoms with Crippen molar-refractivity contribution < 1.29 is 22.6 Å². The molecule has 0 saturated heterocycles. The minimum Gasteiger partial charge on any atom is -0.494 e. The topological polar surface area (TPSA) is 137 Å². The van der Waals surface area contributed by atoms with Gasteiger partial charge in [0.25, 0.3) is 10.2 Å². The zero-order chi connectivity index (χ0) is 22.3. The van der Waals surface area contributed by atoms with Crippen LogP contribution in [0.3, 0.4) is 0 Å². The number of nitrogens with one attached hydrogen (secondary N) is 2. The Morgan fingerprint density at radius 3 is 2.32 bits per heavy atom. The lowest BCUT2D eigenvalue weighted by molar-refractivity contribution is 0.201. The molecule has 13 heteroatoms. The zero-order valence-corrected chi connectivity index (χ0v) is 19.0. The number of hydrogen-bond acceptors (Lipinski definition) is 9. The van der Waals surface area contributed by atoms with Crippen LogP contribution in [0.15, 0.2) is 47.5 Å². The number of hydrogen-bond donors (Lipinski definition) is 2. The highest BCUT2D eigenvalue weighted by Gasteiger charge is 2.19. The molecule has 0 aliphatic carbocycles. The first kappa shape index (κ1) is 22.7. The molecule has 11 nitrogen and oxygen atoms in total. The number of ether oxygens (including phenoxy) is 3. The smallest absolute Gasteiger partial charge is 0.316 e. The molecule has 0 bridgehead atoms. The second-order valence-electron chi connectivity index (χ2n) is 5.82. The molecule has 0 fully saturated rings. The first-order valence-electron chi connectivity index (χ1n) is 8.85. The number of methoxy groups -OCH3 is 1. The predicted molar refractivity (Wildman–Crippen MR) is 116 cm³/mol. The molecule has 2 heterocycles. The molecule has 0 unspecified atom stereocenters. The molecule has 2 aromatic heterocycles. The summed E-state index contributed by atoms with van der Waals surface area (Å²) in [4.78, 5) is 16.2. The van der Waals surface area contributed by atoms with Crippen molar-refractivity contribution in [3.8, 4) is 28.8 Å². The van der Waals surface area contributed by atoms with Gasteiger partial charge in [-0.25, -0.2) is 14.7 Å². The normalized spacial score (nSPS) is 11.1. The van der Waals surface area contributed by atoms with Crippen molar-refractivity contribution in [2.45, 2.75) is 0 Å². The van der Waals surface area contributed by atoms with Crippen LogP contribution >= 0.6 is 15.9 Å². The van der Waals surface area contributed by atoms with Gasteiger partial charge in [0.15, 0.2) is 11.6 Å². The number of benzene rings is 1. The third kappa shape index (κ3) is 6.23. The lowest BCUT2D eigenvalue weighted by Crippen LogP contribution is -2.27. The molecule has 3 rings (SSSR count). The Balaban J connectivity index is 1.79. The van der Waals surface area contributed by atoms with E-state index in [9.17, 15) is 8.42 Å². The van der Waals surface area contributed by atoms with E-state index in [2.05, 4.69) is 45.3 Å². The lowest BCUT2D eigenvalue weighted by atomic mass is 10.1. The molecule has 0 atom stereocenters. The molecular weight excluding hydrogens is 492 g/mol. The standard InChI is InChI=1S/C18H19BrN6O5S/c1-20-31(26,27)25-16-15(12-3-5-13(19)6-4-12)17(24-11-23-16)29-7-8-30-18-21-9-14(28-2)10-22-18/h3-6,9-11,20H,7-8H2,1-2H3,(H,23,24,25). The summed E-state index contributed by atoms with van der Waals surface area (Å²) in [6.45, 7) is 0.238. The van der Waals surface area contributed by atoms with E-state index in [1.54, 1.807) is 12.1 Å². The summed E-state index contributed by atoms with van der Waals surface area (Å²) in [6.07, 6.45) is 4.18. The van der Waals surface area contributed by atoms with Gasteiger partial charge in [0.05, 0.1) is 25.1 Å². The average molecular weight is 511 g/mol. The fraction of sp³-hybridized carbons (Fsp3) is 0.222. The van der Waals surface area contributed by atoms with Gasteiger partial charge in [-0.3, -0.25) is 4.72 Å². The summed E-state index contributed by atoms with van der Waals surface area (Å²) < 4.78 is 45.6. The van der Waals surface area contributed by atoms with Crippen LogP contribution in [0.4, 0.5) is 5.82 Å². The summed E-state index contributed by atoms with van der Waals surface area (Å²) in [5.41, 5.74) is 1.04. The number of rotatable bonds is 10. The van der Waals surface area contributed by atoms with E-state index in [0.717, 1.165) is 4.47 Å². The fourth-order valence-electron chi connectivity index (χ4n) is 2.37. The van der Waals surface area contributed by atoms with E-state index in [4.69, 9.17) is 14.2 Å². The summed E-state index contributed by atoms with van der Waals surface area (Å²) in [7, 11) is -0.994. The highest BCUT2D eigenvalue weighted by atomic mass is 79.9. The summed E-state index contributed by atoms with van der Waals surface area (Å²) in [6, 6.07) is 7.37. The Kier molecular flexibility index (Phi) is 7.55. The van der Waals surface area contributed by atoms with E-state index in [0.29, 0.717) is 16.9 Å². The van der Waals surface area contributed by atoms with Gasteiger partial charge < -0.3 is 14.2 Å². The largest absolute Gasteiger partial charge is 0.494 e. The Morgan fingerprint density at radius 2 is 1.68 bits per heavy atom. The van der Waals surface area contributed by atoms with Crippen molar-refractivity contribution in [3.05, 3.63) is 47.5 Å². The van der Waals surface area contributed by atoms with Crippen LogP contribution in [0.25, 0.3) is 11.1 Å². The molecule has 1 aromatic carbocycles. The predicted octanol–water partition coefficient (Wildman–Crippen LogP) is 2.04. The first-order chi connectivity index (χ1) is 14.9.